The van der Waals surface area contributed by atoms with E-state index in [0.29, 0.717) is 17.0 Å². The highest BCUT2D eigenvalue weighted by Gasteiger charge is 2.64. The molecule has 2 aliphatic carbocycles. The maximum Gasteiger partial charge on any atom is 0.221 e. The molecule has 2 unspecified atom stereocenters. The number of carbonyl (C=O) groups excluding carboxylic acids is 1. The van der Waals surface area contributed by atoms with E-state index in [4.69, 9.17) is 0 Å². The first kappa shape index (κ1) is 13.6. The van der Waals surface area contributed by atoms with Gasteiger partial charge in [-0.15, -0.1) is 5.73 Å². The molecule has 4 heteroatoms. The van der Waals surface area contributed by atoms with Crippen molar-refractivity contribution >= 4 is 5.91 Å². The van der Waals surface area contributed by atoms with Crippen LogP contribution in [0, 0.1) is 11.8 Å². The van der Waals surface area contributed by atoms with Crippen LogP contribution in [0.4, 0.5) is 4.39 Å². The molecule has 2 rings (SSSR count). The third-order valence-corrected chi connectivity index (χ3v) is 3.92. The molecule has 0 aromatic carbocycles. The van der Waals surface area contributed by atoms with Crippen LogP contribution in [0.1, 0.15) is 20.3 Å². The minimum atomic E-state index is -1.53. The van der Waals surface area contributed by atoms with Gasteiger partial charge < -0.3 is 10.6 Å². The van der Waals surface area contributed by atoms with E-state index in [1.807, 2.05) is 0 Å². The molecule has 0 aromatic rings. The van der Waals surface area contributed by atoms with Crippen LogP contribution < -0.4 is 10.6 Å². The van der Waals surface area contributed by atoms with Gasteiger partial charge in [0.1, 0.15) is 0 Å². The first-order valence-corrected chi connectivity index (χ1v) is 6.33. The van der Waals surface area contributed by atoms with Gasteiger partial charge in [-0.1, -0.05) is 13.2 Å². The van der Waals surface area contributed by atoms with Gasteiger partial charge in [-0.3, -0.25) is 4.79 Å². The van der Waals surface area contributed by atoms with Crippen LogP contribution >= 0.6 is 0 Å². The number of rotatable bonds is 4. The highest BCUT2D eigenvalue weighted by molar-refractivity contribution is 5.76. The van der Waals surface area contributed by atoms with Gasteiger partial charge in [-0.25, -0.2) is 4.39 Å². The number of alkyl halides is 1. The zero-order chi connectivity index (χ0) is 14.4. The van der Waals surface area contributed by atoms with Gasteiger partial charge in [0.25, 0.3) is 0 Å². The van der Waals surface area contributed by atoms with Crippen molar-refractivity contribution in [2.24, 2.45) is 11.8 Å². The van der Waals surface area contributed by atoms with Gasteiger partial charge in [-0.2, -0.15) is 0 Å². The third-order valence-electron chi connectivity index (χ3n) is 3.92. The largest absolute Gasteiger partial charge is 0.388 e. The molecular weight excluding hydrogens is 243 g/mol. The summed E-state index contributed by atoms with van der Waals surface area (Å²) in [5.74, 6) is -0.183. The fraction of sp³-hybridized carbons (Fsp3) is 0.467. The molecule has 0 aromatic heterocycles. The Morgan fingerprint density at radius 3 is 2.58 bits per heavy atom. The Kier molecular flexibility index (Phi) is 3.15. The predicted molar refractivity (Wildman–Crippen MR) is 72.8 cm³/mol. The van der Waals surface area contributed by atoms with Crippen molar-refractivity contribution < 1.29 is 9.18 Å². The molecule has 1 amide bonds. The summed E-state index contributed by atoms with van der Waals surface area (Å²) in [5.41, 5.74) is 3.42. The summed E-state index contributed by atoms with van der Waals surface area (Å²) in [5, 5.41) is 5.62. The molecule has 1 saturated carbocycles. The molecule has 102 valence electrons. The molecule has 0 saturated heterocycles. The number of carbonyl (C=O) groups is 1. The van der Waals surface area contributed by atoms with Crippen molar-refractivity contribution in [2.75, 3.05) is 7.05 Å². The van der Waals surface area contributed by atoms with Gasteiger partial charge in [0.15, 0.2) is 5.67 Å². The number of hydrogen-bond donors (Lipinski definition) is 2. The van der Waals surface area contributed by atoms with Crippen LogP contribution in [0.5, 0.6) is 0 Å². The van der Waals surface area contributed by atoms with Gasteiger partial charge in [0, 0.05) is 25.5 Å². The Balaban J connectivity index is 2.51. The SMILES string of the molecule is C=C=C(NC(C)=O)C1=C(NC)C(F)(C(=C)C)[C@@H]2CC12. The summed E-state index contributed by atoms with van der Waals surface area (Å²) in [4.78, 5) is 11.2. The normalized spacial score (nSPS) is 31.4. The van der Waals surface area contributed by atoms with Crippen LogP contribution in [0.15, 0.2) is 41.4 Å². The Morgan fingerprint density at radius 1 is 1.53 bits per heavy atom. The zero-order valence-corrected chi connectivity index (χ0v) is 11.6. The molecule has 19 heavy (non-hydrogen) atoms. The molecule has 3 nitrogen and oxygen atoms in total. The van der Waals surface area contributed by atoms with Gasteiger partial charge in [0.2, 0.25) is 5.91 Å². The van der Waals surface area contributed by atoms with E-state index in [0.717, 1.165) is 12.0 Å². The number of nitrogens with one attached hydrogen (secondary N) is 2. The molecule has 3 atom stereocenters. The monoisotopic (exact) mass is 262 g/mol. The van der Waals surface area contributed by atoms with Crippen LogP contribution in [0.2, 0.25) is 0 Å². The Bertz CT molecular complexity index is 542. The topological polar surface area (TPSA) is 41.1 Å². The van der Waals surface area contributed by atoms with Crippen LogP contribution in [0.3, 0.4) is 0 Å². The summed E-state index contributed by atoms with van der Waals surface area (Å²) in [6.07, 6.45) is 0.772. The van der Waals surface area contributed by atoms with Crippen LogP contribution in [-0.4, -0.2) is 18.6 Å². The van der Waals surface area contributed by atoms with Crippen molar-refractivity contribution in [1.29, 1.82) is 0 Å². The van der Waals surface area contributed by atoms with E-state index in [-0.39, 0.29) is 17.7 Å². The summed E-state index contributed by atoms with van der Waals surface area (Å²) in [6.45, 7) is 10.5. The molecule has 0 radical (unpaired) electrons. The van der Waals surface area contributed by atoms with Crippen molar-refractivity contribution in [1.82, 2.24) is 10.6 Å². The van der Waals surface area contributed by atoms with Crippen molar-refractivity contribution in [3.63, 3.8) is 0 Å². The van der Waals surface area contributed by atoms with E-state index < -0.39 is 5.67 Å². The van der Waals surface area contributed by atoms with Crippen LogP contribution in [0.25, 0.3) is 0 Å². The Hall–Kier alpha value is -1.80. The summed E-state index contributed by atoms with van der Waals surface area (Å²) in [6, 6.07) is 0. The van der Waals surface area contributed by atoms with Crippen molar-refractivity contribution in [2.45, 2.75) is 25.9 Å². The molecule has 0 spiro atoms. The minimum Gasteiger partial charge on any atom is -0.388 e. The van der Waals surface area contributed by atoms with Gasteiger partial charge in [0.05, 0.1) is 11.4 Å². The maximum atomic E-state index is 15.2. The minimum absolute atomic E-state index is 0.0837. The Morgan fingerprint density at radius 2 is 2.16 bits per heavy atom. The van der Waals surface area contributed by atoms with Crippen molar-refractivity contribution in [3.05, 3.63) is 41.4 Å². The highest BCUT2D eigenvalue weighted by Crippen LogP contribution is 2.64. The van der Waals surface area contributed by atoms with Gasteiger partial charge >= 0.3 is 0 Å². The standard InChI is InChI=1S/C15H19FN2O/c1-6-12(18-9(4)19)13-10-7-11(10)15(16,8(2)3)14(13)17-5/h10-11,17H,1-2,7H2,3-5H3,(H,18,19)/t10?,11-,15?/m1/s1. The lowest BCUT2D eigenvalue weighted by Crippen LogP contribution is -2.35. The lowest BCUT2D eigenvalue weighted by atomic mass is 9.90. The number of hydrogen-bond acceptors (Lipinski definition) is 2. The second kappa shape index (κ2) is 4.39. The van der Waals surface area contributed by atoms with E-state index in [2.05, 4.69) is 29.5 Å². The van der Waals surface area contributed by atoms with Crippen LogP contribution in [-0.2, 0) is 4.79 Å². The van der Waals surface area contributed by atoms with Gasteiger partial charge in [-0.05, 0) is 24.8 Å². The molecule has 2 N–H and O–H groups in total. The molecule has 0 aliphatic heterocycles. The number of allylic oxidation sites excluding steroid dienone is 2. The molecule has 0 bridgehead atoms. The zero-order valence-electron chi connectivity index (χ0n) is 11.6. The number of halogens is 1. The Labute approximate surface area is 113 Å². The number of amides is 1. The smallest absolute Gasteiger partial charge is 0.221 e. The predicted octanol–water partition coefficient (Wildman–Crippen LogP) is 2.20. The molecule has 0 heterocycles. The third kappa shape index (κ3) is 1.83. The average molecular weight is 262 g/mol. The van der Waals surface area contributed by atoms with E-state index >= 15 is 4.39 Å². The van der Waals surface area contributed by atoms with E-state index in [9.17, 15) is 4.79 Å². The molecule has 2 aliphatic rings. The second-order valence-corrected chi connectivity index (χ2v) is 5.21. The average Bonchev–Trinajstić information content (AvgIpc) is 3.08. The molecule has 1 fully saturated rings. The quantitative estimate of drug-likeness (QED) is 0.602. The second-order valence-electron chi connectivity index (χ2n) is 5.21. The maximum absolute atomic E-state index is 15.2. The molecular formula is C15H19FN2O. The first-order valence-electron chi connectivity index (χ1n) is 6.33. The lowest BCUT2D eigenvalue weighted by Gasteiger charge is -2.27. The van der Waals surface area contributed by atoms with Crippen molar-refractivity contribution in [3.8, 4) is 0 Å². The van der Waals surface area contributed by atoms with E-state index in [1.54, 1.807) is 14.0 Å². The first-order chi connectivity index (χ1) is 8.87. The highest BCUT2D eigenvalue weighted by atomic mass is 19.1. The number of fused-ring (bicyclic) bond motifs is 1. The van der Waals surface area contributed by atoms with E-state index in [1.165, 1.54) is 6.92 Å². The summed E-state index contributed by atoms with van der Waals surface area (Å²) in [7, 11) is 1.69. The lowest BCUT2D eigenvalue weighted by molar-refractivity contribution is -0.118. The fourth-order valence-electron chi connectivity index (χ4n) is 3.06. The summed E-state index contributed by atoms with van der Waals surface area (Å²) < 4.78 is 15.2. The summed E-state index contributed by atoms with van der Waals surface area (Å²) >= 11 is 0. The fourth-order valence-corrected chi connectivity index (χ4v) is 3.06.